The van der Waals surface area contributed by atoms with Gasteiger partial charge in [0, 0.05) is 19.1 Å². The van der Waals surface area contributed by atoms with Gasteiger partial charge in [-0.15, -0.1) is 0 Å². The van der Waals surface area contributed by atoms with Crippen molar-refractivity contribution in [3.05, 3.63) is 0 Å². The number of nitrogens with zero attached hydrogens (tertiary/aromatic N) is 4. The quantitative estimate of drug-likeness (QED) is 0.744. The van der Waals surface area contributed by atoms with E-state index in [1.807, 2.05) is 19.1 Å². The minimum atomic E-state index is 0.0137. The molecule has 0 spiro atoms. The second kappa shape index (κ2) is 9.33. The van der Waals surface area contributed by atoms with Crippen molar-refractivity contribution < 1.29 is 4.79 Å². The van der Waals surface area contributed by atoms with E-state index < -0.39 is 0 Å². The molecule has 0 radical (unpaired) electrons. The lowest BCUT2D eigenvalue weighted by Crippen LogP contribution is -2.45. The lowest BCUT2D eigenvalue weighted by Gasteiger charge is -2.34. The van der Waals surface area contributed by atoms with Crippen LogP contribution in [0, 0.1) is 28.6 Å². The Hall–Kier alpha value is -1.63. The first kappa shape index (κ1) is 17.4. The Bertz CT molecular complexity index is 383. The molecular weight excluding hydrogens is 266 g/mol. The van der Waals surface area contributed by atoms with Crippen LogP contribution in [-0.4, -0.2) is 54.5 Å². The van der Waals surface area contributed by atoms with Gasteiger partial charge in [-0.1, -0.05) is 0 Å². The van der Waals surface area contributed by atoms with E-state index in [4.69, 9.17) is 16.3 Å². The zero-order valence-electron chi connectivity index (χ0n) is 12.8. The third kappa shape index (κ3) is 6.12. The standard InChI is InChI=1S/C15H25N5O/c1-13(18)14-4-10-19(11-5-14)12-15(21)20(8-2-6-16)9-3-7-17/h13-14H,2-5,8-12,18H2,1H3. The number of nitriles is 2. The van der Waals surface area contributed by atoms with Crippen LogP contribution in [0.4, 0.5) is 0 Å². The van der Waals surface area contributed by atoms with Crippen molar-refractivity contribution in [2.75, 3.05) is 32.7 Å². The Morgan fingerprint density at radius 2 is 1.81 bits per heavy atom. The van der Waals surface area contributed by atoms with Crippen LogP contribution < -0.4 is 5.73 Å². The smallest absolute Gasteiger partial charge is 0.236 e. The van der Waals surface area contributed by atoms with Gasteiger partial charge in [0.25, 0.3) is 0 Å². The molecule has 1 unspecified atom stereocenters. The molecule has 1 saturated heterocycles. The SMILES string of the molecule is CC(N)C1CCN(CC(=O)N(CCC#N)CCC#N)CC1. The molecule has 6 nitrogen and oxygen atoms in total. The summed E-state index contributed by atoms with van der Waals surface area (Å²) in [6.07, 6.45) is 2.68. The van der Waals surface area contributed by atoms with Crippen molar-refractivity contribution in [1.29, 1.82) is 10.5 Å². The average molecular weight is 291 g/mol. The molecule has 0 bridgehead atoms. The van der Waals surface area contributed by atoms with E-state index in [0.717, 1.165) is 25.9 Å². The van der Waals surface area contributed by atoms with Crippen LogP contribution in [0.25, 0.3) is 0 Å². The second-order valence-corrected chi connectivity index (χ2v) is 5.67. The summed E-state index contributed by atoms with van der Waals surface area (Å²) in [5, 5.41) is 17.3. The fourth-order valence-corrected chi connectivity index (χ4v) is 2.66. The van der Waals surface area contributed by atoms with Crippen LogP contribution >= 0.6 is 0 Å². The maximum atomic E-state index is 12.3. The van der Waals surface area contributed by atoms with Crippen LogP contribution in [0.5, 0.6) is 0 Å². The number of carbonyl (C=O) groups is 1. The number of rotatable bonds is 7. The maximum Gasteiger partial charge on any atom is 0.236 e. The summed E-state index contributed by atoms with van der Waals surface area (Å²) in [5.74, 6) is 0.560. The first-order valence-electron chi connectivity index (χ1n) is 7.58. The number of carbonyl (C=O) groups excluding carboxylic acids is 1. The zero-order valence-corrected chi connectivity index (χ0v) is 12.8. The highest BCUT2D eigenvalue weighted by molar-refractivity contribution is 5.78. The van der Waals surface area contributed by atoms with Crippen molar-refractivity contribution in [3.8, 4) is 12.1 Å². The van der Waals surface area contributed by atoms with Crippen LogP contribution in [0.1, 0.15) is 32.6 Å². The van der Waals surface area contributed by atoms with Gasteiger partial charge in [-0.3, -0.25) is 9.69 Å². The first-order chi connectivity index (χ1) is 10.1. The lowest BCUT2D eigenvalue weighted by molar-refractivity contribution is -0.132. The van der Waals surface area contributed by atoms with Crippen molar-refractivity contribution in [2.45, 2.75) is 38.6 Å². The molecule has 0 aromatic rings. The fourth-order valence-electron chi connectivity index (χ4n) is 2.66. The topological polar surface area (TPSA) is 97.2 Å². The molecular formula is C15H25N5O. The molecule has 1 heterocycles. The molecule has 1 atom stereocenters. The summed E-state index contributed by atoms with van der Waals surface area (Å²) in [4.78, 5) is 16.1. The number of hydrogen-bond acceptors (Lipinski definition) is 5. The van der Waals surface area contributed by atoms with Gasteiger partial charge in [0.05, 0.1) is 31.5 Å². The Labute approximate surface area is 127 Å². The fraction of sp³-hybridized carbons (Fsp3) is 0.800. The molecule has 0 aromatic heterocycles. The highest BCUT2D eigenvalue weighted by Gasteiger charge is 2.24. The predicted molar refractivity (Wildman–Crippen MR) is 79.9 cm³/mol. The Morgan fingerprint density at radius 1 is 1.29 bits per heavy atom. The molecule has 0 saturated carbocycles. The molecule has 1 fully saturated rings. The molecule has 1 aliphatic heterocycles. The number of piperidine rings is 1. The molecule has 0 aliphatic carbocycles. The van der Waals surface area contributed by atoms with Gasteiger partial charge in [-0.05, 0) is 38.8 Å². The zero-order chi connectivity index (χ0) is 15.7. The first-order valence-corrected chi connectivity index (χ1v) is 7.58. The number of amides is 1. The van der Waals surface area contributed by atoms with Gasteiger partial charge in [0.2, 0.25) is 5.91 Å². The summed E-state index contributed by atoms with van der Waals surface area (Å²) in [5.41, 5.74) is 5.92. The predicted octanol–water partition coefficient (Wildman–Crippen LogP) is 0.702. The summed E-state index contributed by atoms with van der Waals surface area (Å²) in [7, 11) is 0. The number of likely N-dealkylation sites (tertiary alicyclic amines) is 1. The van der Waals surface area contributed by atoms with Crippen molar-refractivity contribution in [2.24, 2.45) is 11.7 Å². The van der Waals surface area contributed by atoms with Crippen molar-refractivity contribution in [3.63, 3.8) is 0 Å². The van der Waals surface area contributed by atoms with Gasteiger partial charge in [-0.2, -0.15) is 10.5 Å². The molecule has 1 rings (SSSR count). The van der Waals surface area contributed by atoms with E-state index in [1.54, 1.807) is 4.90 Å². The van der Waals surface area contributed by atoms with Crippen LogP contribution in [0.15, 0.2) is 0 Å². The van der Waals surface area contributed by atoms with Gasteiger partial charge in [-0.25, -0.2) is 0 Å². The molecule has 1 amide bonds. The average Bonchev–Trinajstić information content (AvgIpc) is 2.47. The van der Waals surface area contributed by atoms with E-state index in [9.17, 15) is 4.79 Å². The van der Waals surface area contributed by atoms with Crippen LogP contribution in [-0.2, 0) is 4.79 Å². The summed E-state index contributed by atoms with van der Waals surface area (Å²) in [6, 6.07) is 4.31. The molecule has 21 heavy (non-hydrogen) atoms. The summed E-state index contributed by atoms with van der Waals surface area (Å²) < 4.78 is 0. The Morgan fingerprint density at radius 3 is 2.24 bits per heavy atom. The molecule has 1 aliphatic rings. The monoisotopic (exact) mass is 291 g/mol. The van der Waals surface area contributed by atoms with Crippen LogP contribution in [0.3, 0.4) is 0 Å². The largest absolute Gasteiger partial charge is 0.340 e. The van der Waals surface area contributed by atoms with Crippen molar-refractivity contribution >= 4 is 5.91 Å². The van der Waals surface area contributed by atoms with Crippen molar-refractivity contribution in [1.82, 2.24) is 9.80 Å². The van der Waals surface area contributed by atoms with E-state index in [2.05, 4.69) is 4.90 Å². The van der Waals surface area contributed by atoms with Gasteiger partial charge in [0.1, 0.15) is 0 Å². The van der Waals surface area contributed by atoms with E-state index in [0.29, 0.717) is 38.4 Å². The van der Waals surface area contributed by atoms with Gasteiger partial charge >= 0.3 is 0 Å². The number of nitrogens with two attached hydrogens (primary N) is 1. The van der Waals surface area contributed by atoms with Crippen LogP contribution in [0.2, 0.25) is 0 Å². The minimum absolute atomic E-state index is 0.0137. The van der Waals surface area contributed by atoms with Gasteiger partial charge < -0.3 is 10.6 Å². The van der Waals surface area contributed by atoms with E-state index in [-0.39, 0.29) is 11.9 Å². The minimum Gasteiger partial charge on any atom is -0.340 e. The normalized spacial score (nSPS) is 17.7. The molecule has 116 valence electrons. The molecule has 6 heteroatoms. The molecule has 0 aromatic carbocycles. The maximum absolute atomic E-state index is 12.3. The highest BCUT2D eigenvalue weighted by atomic mass is 16.2. The summed E-state index contributed by atoms with van der Waals surface area (Å²) >= 11 is 0. The van der Waals surface area contributed by atoms with E-state index >= 15 is 0 Å². The Balaban J connectivity index is 2.42. The molecule has 2 N–H and O–H groups in total. The third-order valence-electron chi connectivity index (χ3n) is 4.07. The second-order valence-electron chi connectivity index (χ2n) is 5.67. The number of hydrogen-bond donors (Lipinski definition) is 1. The lowest BCUT2D eigenvalue weighted by atomic mass is 9.91. The van der Waals surface area contributed by atoms with Gasteiger partial charge in [0.15, 0.2) is 0 Å². The summed E-state index contributed by atoms with van der Waals surface area (Å²) in [6.45, 7) is 5.02. The van der Waals surface area contributed by atoms with E-state index in [1.165, 1.54) is 0 Å². The highest BCUT2D eigenvalue weighted by Crippen LogP contribution is 2.19. The third-order valence-corrected chi connectivity index (χ3v) is 4.07. The Kier molecular flexibility index (Phi) is 7.74.